The van der Waals surface area contributed by atoms with Crippen LogP contribution < -0.4 is 0 Å². The number of hydrogen-bond acceptors (Lipinski definition) is 4. The van der Waals surface area contributed by atoms with Crippen LogP contribution in [0.2, 0.25) is 0 Å². The average molecular weight is 369 g/mol. The maximum absolute atomic E-state index is 10.8. The van der Waals surface area contributed by atoms with Gasteiger partial charge in [-0.1, -0.05) is 67.0 Å². The van der Waals surface area contributed by atoms with Gasteiger partial charge in [-0.15, -0.1) is 0 Å². The minimum atomic E-state index is -1.10. The van der Waals surface area contributed by atoms with E-state index in [1.54, 1.807) is 0 Å². The Hall–Kier alpha value is -1.59. The van der Waals surface area contributed by atoms with Crippen molar-refractivity contribution in [2.45, 2.75) is 91.3 Å². The highest BCUT2D eigenvalue weighted by Crippen LogP contribution is 2.39. The van der Waals surface area contributed by atoms with Crippen LogP contribution >= 0.6 is 0 Å². The Morgan fingerprint density at radius 1 is 1.00 bits per heavy atom. The van der Waals surface area contributed by atoms with Crippen LogP contribution in [-0.2, 0) is 22.0 Å². The summed E-state index contributed by atoms with van der Waals surface area (Å²) in [7, 11) is 0. The molecule has 0 saturated heterocycles. The molecule has 0 saturated carbocycles. The molecule has 0 heterocycles. The summed E-state index contributed by atoms with van der Waals surface area (Å²) in [6.45, 7) is 14.2. The highest BCUT2D eigenvalue weighted by atomic mass is 16.5. The first kappa shape index (κ1) is 24.4. The second-order valence-corrected chi connectivity index (χ2v) is 8.70. The Bertz CT molecular complexity index is 542. The fourth-order valence-corrected chi connectivity index (χ4v) is 2.49. The summed E-state index contributed by atoms with van der Waals surface area (Å²) in [5.74, 6) is -0.461. The molecule has 1 aromatic carbocycles. The third-order valence-electron chi connectivity index (χ3n) is 3.96. The summed E-state index contributed by atoms with van der Waals surface area (Å²) in [6.07, 6.45) is 0.812. The van der Waals surface area contributed by atoms with Crippen LogP contribution in [0.3, 0.4) is 0 Å². The Labute approximate surface area is 157 Å². The van der Waals surface area contributed by atoms with Gasteiger partial charge in [0.2, 0.25) is 0 Å². The summed E-state index contributed by atoms with van der Waals surface area (Å²) in [4.78, 5) is 10.8. The van der Waals surface area contributed by atoms with Gasteiger partial charge in [0.25, 0.3) is 0 Å². The van der Waals surface area contributed by atoms with E-state index in [-0.39, 0.29) is 17.3 Å². The van der Waals surface area contributed by atoms with E-state index in [1.165, 1.54) is 0 Å². The van der Waals surface area contributed by atoms with E-state index < -0.39 is 12.3 Å². The zero-order chi connectivity index (χ0) is 20.7. The van der Waals surface area contributed by atoms with E-state index in [2.05, 4.69) is 41.5 Å². The van der Waals surface area contributed by atoms with Crippen LogP contribution in [0.25, 0.3) is 0 Å². The maximum Gasteiger partial charge on any atom is 0.303 e. The lowest BCUT2D eigenvalue weighted by molar-refractivity contribution is -0.136. The lowest BCUT2D eigenvalue weighted by atomic mass is 9.78. The van der Waals surface area contributed by atoms with Gasteiger partial charge in [0, 0.05) is 6.42 Å². The first-order chi connectivity index (χ1) is 11.7. The highest BCUT2D eigenvalue weighted by Gasteiger charge is 2.26. The van der Waals surface area contributed by atoms with Crippen molar-refractivity contribution in [3.05, 3.63) is 28.8 Å². The number of aromatic hydroxyl groups is 1. The average Bonchev–Trinajstić information content (AvgIpc) is 2.44. The number of carbonyl (C=O) groups is 1. The Morgan fingerprint density at radius 3 is 1.65 bits per heavy atom. The first-order valence-corrected chi connectivity index (χ1v) is 9.14. The van der Waals surface area contributed by atoms with E-state index in [0.29, 0.717) is 18.6 Å². The largest absolute Gasteiger partial charge is 0.507 e. The van der Waals surface area contributed by atoms with Gasteiger partial charge in [-0.2, -0.15) is 0 Å². The molecule has 5 heteroatoms. The molecule has 0 aromatic heterocycles. The molecule has 0 aliphatic rings. The van der Waals surface area contributed by atoms with Gasteiger partial charge in [-0.25, -0.2) is 0 Å². The number of benzene rings is 1. The second kappa shape index (κ2) is 9.93. The Morgan fingerprint density at radius 2 is 1.42 bits per heavy atom. The molecule has 0 atom stereocenters. The molecule has 0 aliphatic carbocycles. The van der Waals surface area contributed by atoms with Crippen LogP contribution in [0, 0.1) is 0 Å². The van der Waals surface area contributed by atoms with Crippen LogP contribution in [-0.4, -0.2) is 32.7 Å². The van der Waals surface area contributed by atoms with E-state index >= 15 is 0 Å². The van der Waals surface area contributed by atoms with Gasteiger partial charge in [0.15, 0.2) is 6.29 Å². The number of carboxylic acid groups (broad SMARTS) is 1. The number of aliphatic hydroxyl groups is 2. The molecule has 0 aliphatic heterocycles. The first-order valence-electron chi connectivity index (χ1n) is 9.14. The predicted octanol–water partition coefficient (Wildman–Crippen LogP) is 4.10. The Kier molecular flexibility index (Phi) is 9.32. The number of hydrogen-bond donors (Lipinski definition) is 4. The van der Waals surface area contributed by atoms with Gasteiger partial charge in [-0.05, 0) is 40.4 Å². The van der Waals surface area contributed by atoms with Crippen molar-refractivity contribution in [1.29, 1.82) is 0 Å². The number of aryl methyl sites for hydroxylation is 1. The third kappa shape index (κ3) is 8.68. The lowest BCUT2D eigenvalue weighted by Crippen LogP contribution is -2.18. The predicted molar refractivity (Wildman–Crippen MR) is 105 cm³/mol. The third-order valence-corrected chi connectivity index (χ3v) is 3.96. The second-order valence-electron chi connectivity index (χ2n) is 8.70. The molecule has 1 rings (SSSR count). The van der Waals surface area contributed by atoms with Crippen LogP contribution in [0.15, 0.2) is 12.1 Å². The fourth-order valence-electron chi connectivity index (χ4n) is 2.49. The van der Waals surface area contributed by atoms with Gasteiger partial charge < -0.3 is 20.4 Å². The van der Waals surface area contributed by atoms with Gasteiger partial charge in [0.05, 0.1) is 0 Å². The number of aliphatic carboxylic acids is 1. The van der Waals surface area contributed by atoms with Crippen LogP contribution in [0.5, 0.6) is 5.75 Å². The van der Waals surface area contributed by atoms with Gasteiger partial charge >= 0.3 is 5.97 Å². The smallest absolute Gasteiger partial charge is 0.303 e. The van der Waals surface area contributed by atoms with Crippen molar-refractivity contribution in [3.63, 3.8) is 0 Å². The molecule has 4 N–H and O–H groups in total. The summed E-state index contributed by atoms with van der Waals surface area (Å²) in [5.41, 5.74) is 2.38. The highest BCUT2D eigenvalue weighted by molar-refractivity contribution is 5.67. The van der Waals surface area contributed by atoms with Crippen LogP contribution in [0.4, 0.5) is 0 Å². The number of carboxylic acids is 1. The van der Waals surface area contributed by atoms with E-state index in [0.717, 1.165) is 23.1 Å². The summed E-state index contributed by atoms with van der Waals surface area (Å²) in [5, 5.41) is 35.6. The molecule has 0 amide bonds. The van der Waals surface area contributed by atoms with Crippen molar-refractivity contribution in [1.82, 2.24) is 0 Å². The summed E-state index contributed by atoms with van der Waals surface area (Å²) < 4.78 is 0. The number of phenolic OH excluding ortho intramolecular Hbond substituents is 1. The molecule has 0 spiro atoms. The van der Waals surface area contributed by atoms with E-state index in [1.807, 2.05) is 19.1 Å². The molecule has 0 fully saturated rings. The SMILES string of the molecule is CC(C)(C)c1cc(CCC(=O)O)cc(C(C)(C)C)c1O.CCCC(O)O. The summed E-state index contributed by atoms with van der Waals surface area (Å²) in [6, 6.07) is 3.88. The normalized spacial score (nSPS) is 11.9. The molecular weight excluding hydrogens is 332 g/mol. The monoisotopic (exact) mass is 368 g/mol. The van der Waals surface area contributed by atoms with E-state index in [4.69, 9.17) is 15.3 Å². The minimum Gasteiger partial charge on any atom is -0.507 e. The molecule has 0 unspecified atom stereocenters. The number of rotatable bonds is 5. The minimum absolute atomic E-state index is 0.109. The molecule has 5 nitrogen and oxygen atoms in total. The molecule has 26 heavy (non-hydrogen) atoms. The molecule has 0 radical (unpaired) electrons. The quantitative estimate of drug-likeness (QED) is 0.587. The zero-order valence-electron chi connectivity index (χ0n) is 17.3. The molecule has 1 aromatic rings. The molecular formula is C21H36O5. The van der Waals surface area contributed by atoms with Crippen molar-refractivity contribution in [2.24, 2.45) is 0 Å². The topological polar surface area (TPSA) is 98.0 Å². The van der Waals surface area contributed by atoms with Gasteiger partial charge in [0.1, 0.15) is 5.75 Å². The lowest BCUT2D eigenvalue weighted by Gasteiger charge is -2.28. The Balaban J connectivity index is 0.000000896. The number of aliphatic hydroxyl groups excluding tert-OH is 1. The van der Waals surface area contributed by atoms with Crippen molar-refractivity contribution >= 4 is 5.97 Å². The van der Waals surface area contributed by atoms with Gasteiger partial charge in [-0.3, -0.25) is 4.79 Å². The standard InChI is InChI=1S/C17H26O3.C4H10O2/c1-16(2,3)12-9-11(7-8-14(18)19)10-13(15(12)20)17(4,5)6;1-2-3-4(5)6/h9-10,20H,7-8H2,1-6H3,(H,18,19);4-6H,2-3H2,1H3. The zero-order valence-corrected chi connectivity index (χ0v) is 17.3. The fraction of sp³-hybridized carbons (Fsp3) is 0.667. The summed E-state index contributed by atoms with van der Waals surface area (Å²) >= 11 is 0. The maximum atomic E-state index is 10.8. The molecule has 150 valence electrons. The van der Waals surface area contributed by atoms with Crippen molar-refractivity contribution < 1.29 is 25.2 Å². The van der Waals surface area contributed by atoms with Crippen molar-refractivity contribution in [2.75, 3.05) is 0 Å². The van der Waals surface area contributed by atoms with E-state index in [9.17, 15) is 9.90 Å². The van der Waals surface area contributed by atoms with Crippen LogP contribution in [0.1, 0.15) is 84.4 Å². The van der Waals surface area contributed by atoms with Crippen molar-refractivity contribution in [3.8, 4) is 5.75 Å². The number of phenols is 1. The molecule has 0 bridgehead atoms.